The maximum atomic E-state index is 12.9. The maximum absolute atomic E-state index is 12.9. The molecule has 1 aromatic carbocycles. The van der Waals surface area contributed by atoms with Crippen LogP contribution >= 0.6 is 0 Å². The van der Waals surface area contributed by atoms with Gasteiger partial charge in [0.05, 0.1) is 12.2 Å². The lowest BCUT2D eigenvalue weighted by molar-refractivity contribution is -0.286. The average Bonchev–Trinajstić information content (AvgIpc) is 2.71. The van der Waals surface area contributed by atoms with Gasteiger partial charge in [0, 0.05) is 18.0 Å². The first-order valence-corrected chi connectivity index (χ1v) is 6.07. The Morgan fingerprint density at radius 2 is 1.95 bits per heavy atom. The van der Waals surface area contributed by atoms with Gasteiger partial charge in [-0.15, -0.1) is 8.78 Å². The molecule has 1 aliphatic rings. The molecule has 0 bridgehead atoms. The first-order chi connectivity index (χ1) is 9.52. The van der Waals surface area contributed by atoms with Gasteiger partial charge in [0.1, 0.15) is 0 Å². The van der Waals surface area contributed by atoms with Crippen molar-refractivity contribution in [2.24, 2.45) is 0 Å². The van der Waals surface area contributed by atoms with E-state index < -0.39 is 6.29 Å². The molecule has 6 heteroatoms. The zero-order valence-electron chi connectivity index (χ0n) is 10.7. The fraction of sp³-hybridized carbons (Fsp3) is 0.214. The van der Waals surface area contributed by atoms with Gasteiger partial charge in [-0.2, -0.15) is 0 Å². The predicted molar refractivity (Wildman–Crippen MR) is 68.9 cm³/mol. The van der Waals surface area contributed by atoms with E-state index in [0.717, 1.165) is 11.3 Å². The smallest absolute Gasteiger partial charge is 0.395 e. The SMILES string of the molecule is Cc1ccc(CNc2ccc3c(c2)OC(F)(F)O3)nc1. The Hall–Kier alpha value is -2.37. The molecule has 0 amide bonds. The summed E-state index contributed by atoms with van der Waals surface area (Å²) < 4.78 is 34.5. The first kappa shape index (κ1) is 12.7. The number of hydrogen-bond acceptors (Lipinski definition) is 4. The molecule has 0 fully saturated rings. The summed E-state index contributed by atoms with van der Waals surface area (Å²) in [4.78, 5) is 4.25. The summed E-state index contributed by atoms with van der Waals surface area (Å²) in [5.74, 6) is 0.0610. The van der Waals surface area contributed by atoms with Crippen LogP contribution in [0.1, 0.15) is 11.3 Å². The van der Waals surface area contributed by atoms with Crippen molar-refractivity contribution in [3.8, 4) is 11.5 Å². The zero-order valence-corrected chi connectivity index (χ0v) is 10.7. The van der Waals surface area contributed by atoms with Crippen LogP contribution in [0.4, 0.5) is 14.5 Å². The number of fused-ring (bicyclic) bond motifs is 1. The van der Waals surface area contributed by atoms with E-state index in [1.54, 1.807) is 12.3 Å². The van der Waals surface area contributed by atoms with E-state index >= 15 is 0 Å². The summed E-state index contributed by atoms with van der Waals surface area (Å²) in [7, 11) is 0. The van der Waals surface area contributed by atoms with Gasteiger partial charge < -0.3 is 14.8 Å². The fourth-order valence-electron chi connectivity index (χ4n) is 1.85. The number of alkyl halides is 2. The topological polar surface area (TPSA) is 43.4 Å². The third-order valence-electron chi connectivity index (χ3n) is 2.85. The Balaban J connectivity index is 1.69. The third kappa shape index (κ3) is 2.64. The van der Waals surface area contributed by atoms with Crippen LogP contribution < -0.4 is 14.8 Å². The van der Waals surface area contributed by atoms with E-state index in [1.165, 1.54) is 12.1 Å². The Morgan fingerprint density at radius 1 is 1.15 bits per heavy atom. The number of anilines is 1. The van der Waals surface area contributed by atoms with Gasteiger partial charge in [0.25, 0.3) is 0 Å². The number of nitrogens with zero attached hydrogens (tertiary/aromatic N) is 1. The number of ether oxygens (including phenoxy) is 2. The zero-order chi connectivity index (χ0) is 14.2. The molecule has 0 spiro atoms. The van der Waals surface area contributed by atoms with Crippen molar-refractivity contribution in [3.05, 3.63) is 47.8 Å². The molecule has 20 heavy (non-hydrogen) atoms. The summed E-state index contributed by atoms with van der Waals surface area (Å²) in [5, 5.41) is 3.09. The number of benzene rings is 1. The molecular weight excluding hydrogens is 266 g/mol. The lowest BCUT2D eigenvalue weighted by Crippen LogP contribution is -2.25. The Kier molecular flexibility index (Phi) is 2.93. The first-order valence-electron chi connectivity index (χ1n) is 6.07. The molecule has 1 aliphatic heterocycles. The molecular formula is C14H12F2N2O2. The summed E-state index contributed by atoms with van der Waals surface area (Å²) in [5.41, 5.74) is 2.60. The standard InChI is InChI=1S/C14H12F2N2O2/c1-9-2-3-11(17-7-9)8-18-10-4-5-12-13(6-10)20-14(15,16)19-12/h2-7,18H,8H2,1H3. The maximum Gasteiger partial charge on any atom is 0.586 e. The van der Waals surface area contributed by atoms with E-state index in [9.17, 15) is 8.78 Å². The van der Waals surface area contributed by atoms with Crippen LogP contribution in [0.2, 0.25) is 0 Å². The highest BCUT2D eigenvalue weighted by Crippen LogP contribution is 2.42. The molecule has 0 saturated heterocycles. The number of rotatable bonds is 3. The van der Waals surface area contributed by atoms with Gasteiger partial charge >= 0.3 is 6.29 Å². The van der Waals surface area contributed by atoms with Gasteiger partial charge in [0.15, 0.2) is 11.5 Å². The molecule has 4 nitrogen and oxygen atoms in total. The fourth-order valence-corrected chi connectivity index (χ4v) is 1.85. The summed E-state index contributed by atoms with van der Waals surface area (Å²) >= 11 is 0. The van der Waals surface area contributed by atoms with E-state index in [4.69, 9.17) is 0 Å². The van der Waals surface area contributed by atoms with Crippen LogP contribution in [0.3, 0.4) is 0 Å². The minimum Gasteiger partial charge on any atom is -0.395 e. The van der Waals surface area contributed by atoms with Gasteiger partial charge in [-0.05, 0) is 30.7 Å². The molecule has 2 heterocycles. The van der Waals surface area contributed by atoms with Gasteiger partial charge in [-0.1, -0.05) is 6.07 Å². The van der Waals surface area contributed by atoms with Crippen molar-refractivity contribution >= 4 is 5.69 Å². The van der Waals surface area contributed by atoms with Gasteiger partial charge in [0.2, 0.25) is 0 Å². The Bertz CT molecular complexity index is 630. The molecule has 2 aromatic rings. The second-order valence-corrected chi connectivity index (χ2v) is 4.51. The number of nitrogens with one attached hydrogen (secondary N) is 1. The van der Waals surface area contributed by atoms with Crippen LogP contribution in [-0.4, -0.2) is 11.3 Å². The Morgan fingerprint density at radius 3 is 2.70 bits per heavy atom. The molecule has 104 valence electrons. The highest BCUT2D eigenvalue weighted by atomic mass is 19.3. The van der Waals surface area contributed by atoms with Crippen LogP contribution in [0, 0.1) is 6.92 Å². The molecule has 0 aliphatic carbocycles. The van der Waals surface area contributed by atoms with Crippen molar-refractivity contribution in [2.45, 2.75) is 19.8 Å². The summed E-state index contributed by atoms with van der Waals surface area (Å²) in [6.07, 6.45) is -1.81. The minimum atomic E-state index is -3.58. The van der Waals surface area contributed by atoms with E-state index in [0.29, 0.717) is 12.2 Å². The van der Waals surface area contributed by atoms with Gasteiger partial charge in [-0.25, -0.2) is 0 Å². The molecule has 3 rings (SSSR count). The highest BCUT2D eigenvalue weighted by Gasteiger charge is 2.43. The Labute approximate surface area is 114 Å². The van der Waals surface area contributed by atoms with Gasteiger partial charge in [-0.3, -0.25) is 4.98 Å². The number of aryl methyl sites for hydroxylation is 1. The van der Waals surface area contributed by atoms with Crippen LogP contribution in [0.25, 0.3) is 0 Å². The summed E-state index contributed by atoms with van der Waals surface area (Å²) in [6.45, 7) is 2.46. The van der Waals surface area contributed by atoms with Crippen LogP contribution in [-0.2, 0) is 6.54 Å². The van der Waals surface area contributed by atoms with Crippen molar-refractivity contribution in [3.63, 3.8) is 0 Å². The number of hydrogen-bond donors (Lipinski definition) is 1. The lowest BCUT2D eigenvalue weighted by atomic mass is 10.2. The molecule has 0 atom stereocenters. The minimum absolute atomic E-state index is 0.0249. The quantitative estimate of drug-likeness (QED) is 0.935. The van der Waals surface area contributed by atoms with Crippen molar-refractivity contribution < 1.29 is 18.3 Å². The number of halogens is 2. The van der Waals surface area contributed by atoms with E-state index in [-0.39, 0.29) is 11.5 Å². The monoisotopic (exact) mass is 278 g/mol. The van der Waals surface area contributed by atoms with Crippen molar-refractivity contribution in [1.82, 2.24) is 4.98 Å². The highest BCUT2D eigenvalue weighted by molar-refractivity contribution is 5.56. The summed E-state index contributed by atoms with van der Waals surface area (Å²) in [6, 6.07) is 8.44. The number of pyridine rings is 1. The third-order valence-corrected chi connectivity index (χ3v) is 2.85. The second-order valence-electron chi connectivity index (χ2n) is 4.51. The lowest BCUT2D eigenvalue weighted by Gasteiger charge is -2.07. The molecule has 0 saturated carbocycles. The molecule has 0 radical (unpaired) electrons. The van der Waals surface area contributed by atoms with Crippen LogP contribution in [0.15, 0.2) is 36.5 Å². The predicted octanol–water partition coefficient (Wildman–Crippen LogP) is 3.32. The largest absolute Gasteiger partial charge is 0.586 e. The normalized spacial score (nSPS) is 15.2. The average molecular weight is 278 g/mol. The second kappa shape index (κ2) is 4.63. The number of aromatic nitrogens is 1. The van der Waals surface area contributed by atoms with E-state index in [1.807, 2.05) is 19.1 Å². The molecule has 1 aromatic heterocycles. The van der Waals surface area contributed by atoms with E-state index in [2.05, 4.69) is 19.8 Å². The van der Waals surface area contributed by atoms with Crippen molar-refractivity contribution in [2.75, 3.05) is 5.32 Å². The van der Waals surface area contributed by atoms with Crippen molar-refractivity contribution in [1.29, 1.82) is 0 Å². The van der Waals surface area contributed by atoms with Crippen LogP contribution in [0.5, 0.6) is 11.5 Å². The molecule has 0 unspecified atom stereocenters. The molecule has 1 N–H and O–H groups in total.